The van der Waals surface area contributed by atoms with E-state index in [1.165, 1.54) is 11.1 Å². The van der Waals surface area contributed by atoms with E-state index in [2.05, 4.69) is 33.0 Å². The van der Waals surface area contributed by atoms with Gasteiger partial charge >= 0.3 is 0 Å². The van der Waals surface area contributed by atoms with Gasteiger partial charge in [-0.05, 0) is 24.5 Å². The number of aryl methyl sites for hydroxylation is 1. The summed E-state index contributed by atoms with van der Waals surface area (Å²) in [5.41, 5.74) is 2.51. The largest absolute Gasteiger partial charge is 0.347 e. The number of hydrogen-bond donors (Lipinski definition) is 2. The third-order valence-electron chi connectivity index (χ3n) is 3.85. The molecule has 1 aliphatic rings. The summed E-state index contributed by atoms with van der Waals surface area (Å²) in [7, 11) is 0. The standard InChI is InChI=1S/C15H19N5O/c1-2-20-10-18-19-14(20)9-17-15(21)13-7-11-5-3-4-6-12(11)8-16-13/h3-6,10,13,16H,2,7-9H2,1H3,(H,17,21)/t13-/m1/s1. The van der Waals surface area contributed by atoms with Crippen LogP contribution in [0.4, 0.5) is 0 Å². The molecule has 0 unspecified atom stereocenters. The molecule has 110 valence electrons. The molecule has 2 heterocycles. The van der Waals surface area contributed by atoms with Crippen LogP contribution < -0.4 is 10.6 Å². The van der Waals surface area contributed by atoms with Crippen LogP contribution in [0.5, 0.6) is 0 Å². The number of carbonyl (C=O) groups is 1. The SMILES string of the molecule is CCn1cnnc1CNC(=O)[C@H]1Cc2ccccc2CN1. The third kappa shape index (κ3) is 2.95. The van der Waals surface area contributed by atoms with Crippen molar-refractivity contribution in [1.82, 2.24) is 25.4 Å². The maximum Gasteiger partial charge on any atom is 0.237 e. The van der Waals surface area contributed by atoms with E-state index in [-0.39, 0.29) is 11.9 Å². The third-order valence-corrected chi connectivity index (χ3v) is 3.85. The Morgan fingerprint density at radius 3 is 3.05 bits per heavy atom. The minimum absolute atomic E-state index is 0.00940. The van der Waals surface area contributed by atoms with Crippen LogP contribution in [-0.4, -0.2) is 26.7 Å². The fourth-order valence-electron chi connectivity index (χ4n) is 2.61. The van der Waals surface area contributed by atoms with E-state index < -0.39 is 0 Å². The Bertz CT molecular complexity index is 636. The average Bonchev–Trinajstić information content (AvgIpc) is 2.99. The molecule has 0 spiro atoms. The van der Waals surface area contributed by atoms with Gasteiger partial charge in [0.05, 0.1) is 12.6 Å². The highest BCUT2D eigenvalue weighted by Crippen LogP contribution is 2.16. The molecule has 6 nitrogen and oxygen atoms in total. The number of benzene rings is 1. The van der Waals surface area contributed by atoms with Gasteiger partial charge in [-0.1, -0.05) is 24.3 Å². The highest BCUT2D eigenvalue weighted by atomic mass is 16.2. The average molecular weight is 285 g/mol. The molecule has 6 heteroatoms. The zero-order valence-electron chi connectivity index (χ0n) is 12.0. The summed E-state index contributed by atoms with van der Waals surface area (Å²) in [6.07, 6.45) is 2.40. The van der Waals surface area contributed by atoms with E-state index in [9.17, 15) is 4.79 Å². The van der Waals surface area contributed by atoms with Crippen molar-refractivity contribution >= 4 is 5.91 Å². The van der Waals surface area contributed by atoms with Crippen molar-refractivity contribution < 1.29 is 4.79 Å². The number of rotatable bonds is 4. The maximum atomic E-state index is 12.3. The number of carbonyl (C=O) groups excluding carboxylic acids is 1. The van der Waals surface area contributed by atoms with E-state index in [0.717, 1.165) is 25.3 Å². The van der Waals surface area contributed by atoms with Crippen molar-refractivity contribution in [3.8, 4) is 0 Å². The predicted octanol–water partition coefficient (Wildman–Crippen LogP) is 0.629. The van der Waals surface area contributed by atoms with Gasteiger partial charge < -0.3 is 15.2 Å². The number of fused-ring (bicyclic) bond motifs is 1. The van der Waals surface area contributed by atoms with Crippen LogP contribution in [0.2, 0.25) is 0 Å². The molecular formula is C15H19N5O. The van der Waals surface area contributed by atoms with Crippen molar-refractivity contribution in [3.63, 3.8) is 0 Å². The molecule has 0 bridgehead atoms. The molecule has 0 saturated heterocycles. The minimum Gasteiger partial charge on any atom is -0.347 e. The van der Waals surface area contributed by atoms with Gasteiger partial charge in [-0.3, -0.25) is 4.79 Å². The number of nitrogens with one attached hydrogen (secondary N) is 2. The summed E-state index contributed by atoms with van der Waals surface area (Å²) >= 11 is 0. The van der Waals surface area contributed by atoms with Gasteiger partial charge in [0.25, 0.3) is 0 Å². The first kappa shape index (κ1) is 13.8. The molecule has 1 aliphatic heterocycles. The molecule has 1 atom stereocenters. The highest BCUT2D eigenvalue weighted by molar-refractivity contribution is 5.82. The van der Waals surface area contributed by atoms with Gasteiger partial charge in [0.2, 0.25) is 5.91 Å². The van der Waals surface area contributed by atoms with E-state index >= 15 is 0 Å². The van der Waals surface area contributed by atoms with E-state index in [1.807, 2.05) is 23.6 Å². The minimum atomic E-state index is -0.183. The van der Waals surface area contributed by atoms with Gasteiger partial charge in [0.15, 0.2) is 5.82 Å². The van der Waals surface area contributed by atoms with Crippen molar-refractivity contribution in [1.29, 1.82) is 0 Å². The van der Waals surface area contributed by atoms with Gasteiger partial charge in [-0.2, -0.15) is 0 Å². The molecule has 21 heavy (non-hydrogen) atoms. The second-order valence-electron chi connectivity index (χ2n) is 5.16. The lowest BCUT2D eigenvalue weighted by molar-refractivity contribution is -0.123. The summed E-state index contributed by atoms with van der Waals surface area (Å²) in [6.45, 7) is 3.97. The molecule has 0 radical (unpaired) electrons. The molecule has 1 amide bonds. The molecule has 0 aliphatic carbocycles. The van der Waals surface area contributed by atoms with Gasteiger partial charge in [-0.25, -0.2) is 0 Å². The molecular weight excluding hydrogens is 266 g/mol. The Morgan fingerprint density at radius 2 is 2.24 bits per heavy atom. The van der Waals surface area contributed by atoms with Crippen molar-refractivity contribution in [3.05, 3.63) is 47.5 Å². The topological polar surface area (TPSA) is 71.8 Å². The van der Waals surface area contributed by atoms with E-state index in [1.54, 1.807) is 6.33 Å². The first-order chi connectivity index (χ1) is 10.3. The molecule has 2 aromatic rings. The first-order valence-corrected chi connectivity index (χ1v) is 7.22. The van der Waals surface area contributed by atoms with E-state index in [4.69, 9.17) is 0 Å². The van der Waals surface area contributed by atoms with E-state index in [0.29, 0.717) is 6.54 Å². The van der Waals surface area contributed by atoms with Crippen LogP contribution in [-0.2, 0) is 30.8 Å². The number of hydrogen-bond acceptors (Lipinski definition) is 4. The summed E-state index contributed by atoms with van der Waals surface area (Å²) in [6, 6.07) is 8.05. The summed E-state index contributed by atoms with van der Waals surface area (Å²) < 4.78 is 1.92. The second-order valence-corrected chi connectivity index (χ2v) is 5.16. The Kier molecular flexibility index (Phi) is 3.96. The van der Waals surface area contributed by atoms with Crippen LogP contribution >= 0.6 is 0 Å². The number of nitrogens with zero attached hydrogens (tertiary/aromatic N) is 3. The number of aromatic nitrogens is 3. The Balaban J connectivity index is 1.60. The summed E-state index contributed by atoms with van der Waals surface area (Å²) in [4.78, 5) is 12.3. The fourth-order valence-corrected chi connectivity index (χ4v) is 2.61. The molecule has 1 aromatic heterocycles. The monoisotopic (exact) mass is 285 g/mol. The van der Waals surface area contributed by atoms with Crippen LogP contribution in [0.1, 0.15) is 23.9 Å². The summed E-state index contributed by atoms with van der Waals surface area (Å²) in [5.74, 6) is 0.789. The molecule has 2 N–H and O–H groups in total. The lowest BCUT2D eigenvalue weighted by atomic mass is 9.95. The quantitative estimate of drug-likeness (QED) is 0.864. The number of amides is 1. The summed E-state index contributed by atoms with van der Waals surface area (Å²) in [5, 5.41) is 14.1. The molecule has 0 saturated carbocycles. The predicted molar refractivity (Wildman–Crippen MR) is 78.3 cm³/mol. The smallest absolute Gasteiger partial charge is 0.237 e. The zero-order chi connectivity index (χ0) is 14.7. The molecule has 0 fully saturated rings. The Labute approximate surface area is 123 Å². The van der Waals surface area contributed by atoms with Crippen LogP contribution in [0.25, 0.3) is 0 Å². The maximum absolute atomic E-state index is 12.3. The zero-order valence-corrected chi connectivity index (χ0v) is 12.0. The normalized spacial score (nSPS) is 17.3. The van der Waals surface area contributed by atoms with Crippen LogP contribution in [0.15, 0.2) is 30.6 Å². The highest BCUT2D eigenvalue weighted by Gasteiger charge is 2.23. The van der Waals surface area contributed by atoms with Gasteiger partial charge in [-0.15, -0.1) is 10.2 Å². The fraction of sp³-hybridized carbons (Fsp3) is 0.400. The Hall–Kier alpha value is -2.21. The van der Waals surface area contributed by atoms with Crippen molar-refractivity contribution in [2.75, 3.05) is 0 Å². The van der Waals surface area contributed by atoms with Crippen molar-refractivity contribution in [2.24, 2.45) is 0 Å². The van der Waals surface area contributed by atoms with Gasteiger partial charge in [0.1, 0.15) is 6.33 Å². The second kappa shape index (κ2) is 6.05. The van der Waals surface area contributed by atoms with Crippen LogP contribution in [0.3, 0.4) is 0 Å². The first-order valence-electron chi connectivity index (χ1n) is 7.22. The lowest BCUT2D eigenvalue weighted by Gasteiger charge is -2.25. The Morgan fingerprint density at radius 1 is 1.43 bits per heavy atom. The lowest BCUT2D eigenvalue weighted by Crippen LogP contribution is -2.47. The molecule has 3 rings (SSSR count). The van der Waals surface area contributed by atoms with Crippen LogP contribution in [0, 0.1) is 0 Å². The van der Waals surface area contributed by atoms with Gasteiger partial charge in [0, 0.05) is 13.1 Å². The molecule has 1 aromatic carbocycles. The van der Waals surface area contributed by atoms with Crippen molar-refractivity contribution in [2.45, 2.75) is 39.0 Å².